The summed E-state index contributed by atoms with van der Waals surface area (Å²) in [4.78, 5) is 0.302. The van der Waals surface area contributed by atoms with Crippen molar-refractivity contribution in [2.24, 2.45) is 10.8 Å². The van der Waals surface area contributed by atoms with Crippen LogP contribution in [0.5, 0.6) is 0 Å². The third-order valence-electron chi connectivity index (χ3n) is 4.74. The number of para-hydroxylation sites is 1. The van der Waals surface area contributed by atoms with Gasteiger partial charge in [0.2, 0.25) is 10.0 Å². The Kier molecular flexibility index (Phi) is 3.18. The van der Waals surface area contributed by atoms with E-state index in [9.17, 15) is 8.42 Å². The molecule has 1 fully saturated rings. The van der Waals surface area contributed by atoms with Crippen molar-refractivity contribution in [2.45, 2.75) is 38.6 Å². The molecule has 4 nitrogen and oxygen atoms in total. The highest BCUT2D eigenvalue weighted by atomic mass is 32.2. The van der Waals surface area contributed by atoms with Crippen molar-refractivity contribution >= 4 is 15.7 Å². The van der Waals surface area contributed by atoms with Gasteiger partial charge in [0.25, 0.3) is 0 Å². The van der Waals surface area contributed by atoms with E-state index in [2.05, 4.69) is 37.7 Å². The highest BCUT2D eigenvalue weighted by Gasteiger charge is 2.66. The molecule has 0 aliphatic heterocycles. The van der Waals surface area contributed by atoms with Crippen LogP contribution >= 0.6 is 0 Å². The Morgan fingerprint density at radius 3 is 2.05 bits per heavy atom. The van der Waals surface area contributed by atoms with Gasteiger partial charge in [-0.15, -0.1) is 0 Å². The maximum absolute atomic E-state index is 12.5. The third kappa shape index (κ3) is 2.15. The first kappa shape index (κ1) is 14.3. The molecular weight excluding hydrogens is 260 g/mol. The first-order valence-electron chi connectivity index (χ1n) is 6.43. The minimum atomic E-state index is -3.49. The Bertz CT molecular complexity index is 577. The minimum Gasteiger partial charge on any atom is -0.387 e. The first-order valence-corrected chi connectivity index (χ1v) is 7.92. The zero-order valence-corrected chi connectivity index (χ0v) is 12.9. The van der Waals surface area contributed by atoms with Crippen LogP contribution in [0.15, 0.2) is 29.2 Å². The van der Waals surface area contributed by atoms with E-state index in [0.717, 1.165) is 0 Å². The van der Waals surface area contributed by atoms with E-state index >= 15 is 0 Å². The summed E-state index contributed by atoms with van der Waals surface area (Å²) in [7, 11) is -1.77. The van der Waals surface area contributed by atoms with Crippen molar-refractivity contribution in [2.75, 3.05) is 12.4 Å². The third-order valence-corrected chi connectivity index (χ3v) is 6.22. The predicted octanol–water partition coefficient (Wildman–Crippen LogP) is 2.44. The number of anilines is 1. The maximum atomic E-state index is 12.5. The Hall–Kier alpha value is -1.07. The van der Waals surface area contributed by atoms with E-state index in [-0.39, 0.29) is 16.9 Å². The highest BCUT2D eigenvalue weighted by Crippen LogP contribution is 2.63. The maximum Gasteiger partial charge on any atom is 0.242 e. The standard InChI is InChI=1S/C14H22N2O2S/c1-13(2)12(14(13,3)4)16-19(17,18)11-9-7-6-8-10(11)15-5/h6-9,12,15-16H,1-5H3. The van der Waals surface area contributed by atoms with Crippen molar-refractivity contribution in [3.05, 3.63) is 24.3 Å². The summed E-state index contributed by atoms with van der Waals surface area (Å²) in [6, 6.07) is 6.90. The van der Waals surface area contributed by atoms with Gasteiger partial charge in [-0.05, 0) is 23.0 Å². The van der Waals surface area contributed by atoms with E-state index in [1.807, 2.05) is 6.07 Å². The molecule has 1 aromatic carbocycles. The number of nitrogens with one attached hydrogen (secondary N) is 2. The molecule has 1 aromatic rings. The van der Waals surface area contributed by atoms with Crippen LogP contribution in [-0.2, 0) is 10.0 Å². The molecule has 0 heterocycles. The fourth-order valence-electron chi connectivity index (χ4n) is 2.62. The molecule has 1 aliphatic rings. The van der Waals surface area contributed by atoms with Crippen LogP contribution < -0.4 is 10.0 Å². The van der Waals surface area contributed by atoms with Crippen LogP contribution in [0.4, 0.5) is 5.69 Å². The van der Waals surface area contributed by atoms with Crippen molar-refractivity contribution in [1.82, 2.24) is 4.72 Å². The fourth-order valence-corrected chi connectivity index (χ4v) is 4.36. The van der Waals surface area contributed by atoms with E-state index in [4.69, 9.17) is 0 Å². The lowest BCUT2D eigenvalue weighted by molar-refractivity contribution is 0.457. The largest absolute Gasteiger partial charge is 0.387 e. The molecule has 1 aliphatic carbocycles. The van der Waals surface area contributed by atoms with Gasteiger partial charge in [-0.1, -0.05) is 39.8 Å². The topological polar surface area (TPSA) is 58.2 Å². The van der Waals surface area contributed by atoms with Gasteiger partial charge in [0.1, 0.15) is 4.90 Å². The van der Waals surface area contributed by atoms with Crippen molar-refractivity contribution in [3.63, 3.8) is 0 Å². The summed E-state index contributed by atoms with van der Waals surface area (Å²) in [6.07, 6.45) is 0. The van der Waals surface area contributed by atoms with Gasteiger partial charge >= 0.3 is 0 Å². The summed E-state index contributed by atoms with van der Waals surface area (Å²) < 4.78 is 27.8. The van der Waals surface area contributed by atoms with Gasteiger partial charge in [-0.2, -0.15) is 0 Å². The second kappa shape index (κ2) is 4.21. The summed E-state index contributed by atoms with van der Waals surface area (Å²) in [5.74, 6) is 0. The monoisotopic (exact) mass is 282 g/mol. The fraction of sp³-hybridized carbons (Fsp3) is 0.571. The second-order valence-corrected chi connectivity index (χ2v) is 7.93. The van der Waals surface area contributed by atoms with E-state index < -0.39 is 10.0 Å². The number of rotatable bonds is 4. The normalized spacial score (nSPS) is 21.1. The average Bonchev–Trinajstić information content (AvgIpc) is 2.71. The summed E-state index contributed by atoms with van der Waals surface area (Å²) in [6.45, 7) is 8.35. The van der Waals surface area contributed by atoms with Gasteiger partial charge in [-0.25, -0.2) is 13.1 Å². The second-order valence-electron chi connectivity index (χ2n) is 6.24. The zero-order valence-electron chi connectivity index (χ0n) is 12.1. The lowest BCUT2D eigenvalue weighted by Gasteiger charge is -2.12. The molecule has 0 radical (unpaired) electrons. The predicted molar refractivity (Wildman–Crippen MR) is 77.7 cm³/mol. The number of benzene rings is 1. The molecule has 0 saturated heterocycles. The summed E-state index contributed by atoms with van der Waals surface area (Å²) in [5, 5.41) is 2.92. The molecule has 0 spiro atoms. The Balaban J connectivity index is 2.31. The Morgan fingerprint density at radius 1 is 1.05 bits per heavy atom. The van der Waals surface area contributed by atoms with Crippen molar-refractivity contribution < 1.29 is 8.42 Å². The van der Waals surface area contributed by atoms with Crippen LogP contribution in [0.25, 0.3) is 0 Å². The number of sulfonamides is 1. The summed E-state index contributed by atoms with van der Waals surface area (Å²) >= 11 is 0. The molecule has 1 saturated carbocycles. The Morgan fingerprint density at radius 2 is 1.58 bits per heavy atom. The molecule has 5 heteroatoms. The van der Waals surface area contributed by atoms with Crippen LogP contribution in [0.2, 0.25) is 0 Å². The first-order chi connectivity index (χ1) is 8.64. The number of hydrogen-bond donors (Lipinski definition) is 2. The molecule has 106 valence electrons. The molecule has 19 heavy (non-hydrogen) atoms. The molecular formula is C14H22N2O2S. The molecule has 0 aromatic heterocycles. The van der Waals surface area contributed by atoms with Gasteiger partial charge in [0.15, 0.2) is 0 Å². The smallest absolute Gasteiger partial charge is 0.242 e. The molecule has 0 atom stereocenters. The SMILES string of the molecule is CNc1ccccc1S(=O)(=O)NC1C(C)(C)C1(C)C. The van der Waals surface area contributed by atoms with Crippen molar-refractivity contribution in [3.8, 4) is 0 Å². The van der Waals surface area contributed by atoms with Gasteiger partial charge in [-0.3, -0.25) is 0 Å². The van der Waals surface area contributed by atoms with Crippen molar-refractivity contribution in [1.29, 1.82) is 0 Å². The van der Waals surface area contributed by atoms with E-state index in [1.165, 1.54) is 0 Å². The van der Waals surface area contributed by atoms with E-state index in [0.29, 0.717) is 10.6 Å². The average molecular weight is 282 g/mol. The lowest BCUT2D eigenvalue weighted by Crippen LogP contribution is -2.30. The Labute approximate surface area is 115 Å². The molecule has 0 amide bonds. The zero-order chi connectivity index (χ0) is 14.5. The van der Waals surface area contributed by atoms with Crippen LogP contribution in [0.3, 0.4) is 0 Å². The van der Waals surface area contributed by atoms with Crippen LogP contribution in [-0.4, -0.2) is 21.5 Å². The summed E-state index contributed by atoms with van der Waals surface area (Å²) in [5.41, 5.74) is 0.579. The lowest BCUT2D eigenvalue weighted by atomic mass is 10.0. The quantitative estimate of drug-likeness (QED) is 0.892. The van der Waals surface area contributed by atoms with Gasteiger partial charge < -0.3 is 5.32 Å². The van der Waals surface area contributed by atoms with Gasteiger partial charge in [0.05, 0.1) is 5.69 Å². The molecule has 0 bridgehead atoms. The molecule has 0 unspecified atom stereocenters. The molecule has 2 rings (SSSR count). The van der Waals surface area contributed by atoms with E-state index in [1.54, 1.807) is 25.2 Å². The molecule has 2 N–H and O–H groups in total. The number of hydrogen-bond acceptors (Lipinski definition) is 3. The minimum absolute atomic E-state index is 0.0192. The van der Waals surface area contributed by atoms with Crippen LogP contribution in [0, 0.1) is 10.8 Å². The van der Waals surface area contributed by atoms with Gasteiger partial charge in [0, 0.05) is 13.1 Å². The highest BCUT2D eigenvalue weighted by molar-refractivity contribution is 7.89. The van der Waals surface area contributed by atoms with Crippen LogP contribution in [0.1, 0.15) is 27.7 Å².